The molecule has 0 saturated carbocycles. The van der Waals surface area contributed by atoms with Crippen LogP contribution in [0, 0.1) is 11.6 Å². The van der Waals surface area contributed by atoms with Gasteiger partial charge in [0.25, 0.3) is 0 Å². The first-order valence-electron chi connectivity index (χ1n) is 6.28. The summed E-state index contributed by atoms with van der Waals surface area (Å²) in [6, 6.07) is 9.64. The summed E-state index contributed by atoms with van der Waals surface area (Å²) in [5.41, 5.74) is 1.63. The van der Waals surface area contributed by atoms with Gasteiger partial charge in [0.15, 0.2) is 0 Å². The van der Waals surface area contributed by atoms with Crippen LogP contribution in [0.2, 0.25) is 0 Å². The number of rotatable bonds is 2. The van der Waals surface area contributed by atoms with Crippen molar-refractivity contribution in [3.05, 3.63) is 58.1 Å². The fraction of sp³-hybridized carbons (Fsp3) is 0.200. The van der Waals surface area contributed by atoms with Gasteiger partial charge in [0.05, 0.1) is 11.7 Å². The Hall–Kier alpha value is -1.07. The molecule has 5 heteroatoms. The Labute approximate surface area is 128 Å². The predicted octanol–water partition coefficient (Wildman–Crippen LogP) is 5.38. The summed E-state index contributed by atoms with van der Waals surface area (Å²) < 4.78 is 27.9. The fourth-order valence-electron chi connectivity index (χ4n) is 2.33. The van der Waals surface area contributed by atoms with E-state index in [9.17, 15) is 8.78 Å². The van der Waals surface area contributed by atoms with Crippen molar-refractivity contribution < 1.29 is 8.78 Å². The highest BCUT2D eigenvalue weighted by Crippen LogP contribution is 2.40. The highest BCUT2D eigenvalue weighted by Gasteiger charge is 2.23. The first kappa shape index (κ1) is 13.9. The second-order valence-corrected chi connectivity index (χ2v) is 6.58. The molecule has 1 aliphatic rings. The molecular formula is C15H12BrF2NS. The standard InChI is InChI=1S/C15H12BrF2NS/c16-11-5-4-9(17)8-14(11)19-13-6-7-20-15-10(13)2-1-3-12(15)18/h1-5,8,13,19H,6-7H2. The number of thioether (sulfide) groups is 1. The van der Waals surface area contributed by atoms with Gasteiger partial charge >= 0.3 is 0 Å². The Morgan fingerprint density at radius 1 is 1.20 bits per heavy atom. The van der Waals surface area contributed by atoms with E-state index in [1.54, 1.807) is 12.1 Å². The van der Waals surface area contributed by atoms with Gasteiger partial charge < -0.3 is 5.32 Å². The van der Waals surface area contributed by atoms with Crippen LogP contribution in [0.25, 0.3) is 0 Å². The predicted molar refractivity (Wildman–Crippen MR) is 82.2 cm³/mol. The van der Waals surface area contributed by atoms with Crippen molar-refractivity contribution in [1.29, 1.82) is 0 Å². The van der Waals surface area contributed by atoms with E-state index in [1.807, 2.05) is 6.07 Å². The molecule has 2 aromatic carbocycles. The van der Waals surface area contributed by atoms with Crippen LogP contribution in [0.4, 0.5) is 14.5 Å². The molecule has 104 valence electrons. The van der Waals surface area contributed by atoms with Crippen molar-refractivity contribution in [3.63, 3.8) is 0 Å². The van der Waals surface area contributed by atoms with Gasteiger partial charge in [0.2, 0.25) is 0 Å². The third-order valence-electron chi connectivity index (χ3n) is 3.28. The van der Waals surface area contributed by atoms with Gasteiger partial charge in [-0.05, 0) is 52.2 Å². The molecule has 1 nitrogen and oxygen atoms in total. The van der Waals surface area contributed by atoms with Crippen LogP contribution in [0.1, 0.15) is 18.0 Å². The Morgan fingerprint density at radius 2 is 2.05 bits per heavy atom. The topological polar surface area (TPSA) is 12.0 Å². The molecule has 1 atom stereocenters. The maximum Gasteiger partial charge on any atom is 0.137 e. The van der Waals surface area contributed by atoms with Crippen LogP contribution in [0.5, 0.6) is 0 Å². The molecular weight excluding hydrogens is 344 g/mol. The number of nitrogens with one attached hydrogen (secondary N) is 1. The Kier molecular flexibility index (Phi) is 3.98. The molecule has 0 aromatic heterocycles. The average Bonchev–Trinajstić information content (AvgIpc) is 2.44. The van der Waals surface area contributed by atoms with E-state index in [1.165, 1.54) is 30.0 Å². The van der Waals surface area contributed by atoms with E-state index in [-0.39, 0.29) is 17.7 Å². The number of anilines is 1. The summed E-state index contributed by atoms with van der Waals surface area (Å²) in [7, 11) is 0. The summed E-state index contributed by atoms with van der Waals surface area (Å²) in [5, 5.41) is 3.31. The smallest absolute Gasteiger partial charge is 0.137 e. The summed E-state index contributed by atoms with van der Waals surface area (Å²) in [4.78, 5) is 0.698. The molecule has 0 saturated heterocycles. The van der Waals surface area contributed by atoms with Crippen molar-refractivity contribution in [2.75, 3.05) is 11.1 Å². The lowest BCUT2D eigenvalue weighted by atomic mass is 10.0. The molecule has 0 aliphatic carbocycles. The SMILES string of the molecule is Fc1ccc(Br)c(NC2CCSc3c(F)cccc32)c1. The quantitative estimate of drug-likeness (QED) is 0.776. The minimum absolute atomic E-state index is 0.0000463. The summed E-state index contributed by atoms with van der Waals surface area (Å²) in [5.74, 6) is 0.371. The Morgan fingerprint density at radius 3 is 2.90 bits per heavy atom. The van der Waals surface area contributed by atoms with E-state index < -0.39 is 0 Å². The highest BCUT2D eigenvalue weighted by molar-refractivity contribution is 9.10. The van der Waals surface area contributed by atoms with Gasteiger partial charge in [-0.1, -0.05) is 12.1 Å². The third kappa shape index (κ3) is 2.69. The second-order valence-electron chi connectivity index (χ2n) is 4.62. The zero-order valence-corrected chi connectivity index (χ0v) is 12.9. The lowest BCUT2D eigenvalue weighted by Crippen LogP contribution is -2.17. The van der Waals surface area contributed by atoms with E-state index in [4.69, 9.17) is 0 Å². The molecule has 1 heterocycles. The maximum absolute atomic E-state index is 13.8. The molecule has 20 heavy (non-hydrogen) atoms. The molecule has 1 unspecified atom stereocenters. The van der Waals surface area contributed by atoms with Crippen LogP contribution in [0.3, 0.4) is 0 Å². The van der Waals surface area contributed by atoms with Crippen molar-refractivity contribution in [2.24, 2.45) is 0 Å². The molecule has 0 spiro atoms. The first-order chi connectivity index (χ1) is 9.65. The lowest BCUT2D eigenvalue weighted by molar-refractivity contribution is 0.584. The minimum Gasteiger partial charge on any atom is -0.377 e. The highest BCUT2D eigenvalue weighted by atomic mass is 79.9. The number of benzene rings is 2. The Bertz CT molecular complexity index is 648. The van der Waals surface area contributed by atoms with E-state index >= 15 is 0 Å². The third-order valence-corrected chi connectivity index (χ3v) is 5.13. The van der Waals surface area contributed by atoms with Crippen molar-refractivity contribution in [3.8, 4) is 0 Å². The summed E-state index contributed by atoms with van der Waals surface area (Å²) in [6.07, 6.45) is 0.879. The largest absolute Gasteiger partial charge is 0.377 e. The van der Waals surface area contributed by atoms with Crippen LogP contribution < -0.4 is 5.32 Å². The molecule has 0 fully saturated rings. The fourth-order valence-corrected chi connectivity index (χ4v) is 3.83. The van der Waals surface area contributed by atoms with Gasteiger partial charge in [-0.15, -0.1) is 11.8 Å². The number of halogens is 3. The molecule has 3 rings (SSSR count). The van der Waals surface area contributed by atoms with Crippen molar-refractivity contribution in [1.82, 2.24) is 0 Å². The molecule has 0 amide bonds. The first-order valence-corrected chi connectivity index (χ1v) is 8.06. The number of hydrogen-bond acceptors (Lipinski definition) is 2. The monoisotopic (exact) mass is 355 g/mol. The Balaban J connectivity index is 1.94. The van der Waals surface area contributed by atoms with Crippen LogP contribution in [0.15, 0.2) is 45.8 Å². The second kappa shape index (κ2) is 5.74. The van der Waals surface area contributed by atoms with E-state index in [2.05, 4.69) is 21.2 Å². The molecule has 1 N–H and O–H groups in total. The van der Waals surface area contributed by atoms with Crippen molar-refractivity contribution in [2.45, 2.75) is 17.4 Å². The number of hydrogen-bond donors (Lipinski definition) is 1. The van der Waals surface area contributed by atoms with E-state index in [0.717, 1.165) is 22.2 Å². The van der Waals surface area contributed by atoms with Crippen molar-refractivity contribution >= 4 is 33.4 Å². The van der Waals surface area contributed by atoms with Gasteiger partial charge in [-0.2, -0.15) is 0 Å². The molecule has 2 aromatic rings. The maximum atomic E-state index is 13.8. The van der Waals surface area contributed by atoms with Crippen LogP contribution in [-0.2, 0) is 0 Å². The van der Waals surface area contributed by atoms with Crippen LogP contribution >= 0.6 is 27.7 Å². The minimum atomic E-state index is -0.291. The lowest BCUT2D eigenvalue weighted by Gasteiger charge is -2.27. The van der Waals surface area contributed by atoms with Gasteiger partial charge in [0.1, 0.15) is 11.6 Å². The molecule has 0 radical (unpaired) electrons. The molecule has 1 aliphatic heterocycles. The molecule has 0 bridgehead atoms. The van der Waals surface area contributed by atoms with Gasteiger partial charge in [-0.3, -0.25) is 0 Å². The summed E-state index contributed by atoms with van der Waals surface area (Å²) in [6.45, 7) is 0. The van der Waals surface area contributed by atoms with Gasteiger partial charge in [0, 0.05) is 15.1 Å². The zero-order valence-electron chi connectivity index (χ0n) is 10.5. The van der Waals surface area contributed by atoms with Crippen LogP contribution in [-0.4, -0.2) is 5.75 Å². The number of fused-ring (bicyclic) bond motifs is 1. The normalized spacial score (nSPS) is 17.6. The van der Waals surface area contributed by atoms with Gasteiger partial charge in [-0.25, -0.2) is 8.78 Å². The average molecular weight is 356 g/mol. The summed E-state index contributed by atoms with van der Waals surface area (Å²) >= 11 is 4.94. The zero-order chi connectivity index (χ0) is 14.1. The van der Waals surface area contributed by atoms with E-state index in [0.29, 0.717) is 10.6 Å².